The van der Waals surface area contributed by atoms with Crippen LogP contribution in [-0.4, -0.2) is 27.6 Å². The third kappa shape index (κ3) is 5.46. The van der Waals surface area contributed by atoms with Crippen LogP contribution in [0.1, 0.15) is 31.5 Å². The average Bonchev–Trinajstić information content (AvgIpc) is 3.16. The summed E-state index contributed by atoms with van der Waals surface area (Å²) in [6.45, 7) is 4.11. The first-order valence-corrected chi connectivity index (χ1v) is 9.58. The summed E-state index contributed by atoms with van der Waals surface area (Å²) in [6, 6.07) is 12.1. The Labute approximate surface area is 172 Å². The first-order chi connectivity index (χ1) is 14.2. The highest BCUT2D eigenvalue weighted by atomic mass is 19.4. The maximum atomic E-state index is 13.2. The zero-order chi connectivity index (χ0) is 21.7. The lowest BCUT2D eigenvalue weighted by Crippen LogP contribution is -2.10. The van der Waals surface area contributed by atoms with Crippen LogP contribution >= 0.6 is 0 Å². The number of rotatable bonds is 7. The third-order valence-electron chi connectivity index (χ3n) is 4.41. The van der Waals surface area contributed by atoms with Crippen molar-refractivity contribution in [3.05, 3.63) is 66.0 Å². The summed E-state index contributed by atoms with van der Waals surface area (Å²) in [5.41, 5.74) is 1.23. The van der Waals surface area contributed by atoms with Crippen LogP contribution in [0, 0.1) is 5.92 Å². The van der Waals surface area contributed by atoms with Crippen molar-refractivity contribution < 1.29 is 22.7 Å². The van der Waals surface area contributed by atoms with Gasteiger partial charge in [0.05, 0.1) is 29.7 Å². The molecule has 0 radical (unpaired) electrons. The van der Waals surface area contributed by atoms with Gasteiger partial charge in [-0.3, -0.25) is 4.79 Å². The molecule has 30 heavy (non-hydrogen) atoms. The number of benzene rings is 2. The van der Waals surface area contributed by atoms with Crippen LogP contribution in [0.2, 0.25) is 0 Å². The summed E-state index contributed by atoms with van der Waals surface area (Å²) in [5, 5.41) is 8.09. The van der Waals surface area contributed by atoms with Crippen molar-refractivity contribution in [2.75, 3.05) is 6.61 Å². The van der Waals surface area contributed by atoms with E-state index in [1.165, 1.54) is 16.8 Å². The molecule has 0 fully saturated rings. The van der Waals surface area contributed by atoms with Gasteiger partial charge in [0.25, 0.3) is 0 Å². The predicted octanol–water partition coefficient (Wildman–Crippen LogP) is 5.08. The number of carbonyl (C=O) groups excluding carboxylic acids is 1. The highest BCUT2D eigenvalue weighted by Gasteiger charge is 2.33. The fourth-order valence-electron chi connectivity index (χ4n) is 2.98. The molecule has 0 N–H and O–H groups in total. The summed E-state index contributed by atoms with van der Waals surface area (Å²) < 4.78 is 46.4. The van der Waals surface area contributed by atoms with Gasteiger partial charge in [0.1, 0.15) is 0 Å². The fourth-order valence-corrected chi connectivity index (χ4v) is 2.98. The first kappa shape index (κ1) is 21.5. The van der Waals surface area contributed by atoms with Gasteiger partial charge >= 0.3 is 12.1 Å². The third-order valence-corrected chi connectivity index (χ3v) is 4.41. The lowest BCUT2D eigenvalue weighted by molar-refractivity contribution is -0.144. The molecule has 0 unspecified atom stereocenters. The van der Waals surface area contributed by atoms with Gasteiger partial charge < -0.3 is 4.74 Å². The highest BCUT2D eigenvalue weighted by molar-refractivity contribution is 5.69. The molecule has 0 bridgehead atoms. The van der Waals surface area contributed by atoms with Crippen molar-refractivity contribution in [3.8, 4) is 16.8 Å². The van der Waals surface area contributed by atoms with E-state index in [9.17, 15) is 18.0 Å². The predicted molar refractivity (Wildman–Crippen MR) is 106 cm³/mol. The molecule has 0 atom stereocenters. The summed E-state index contributed by atoms with van der Waals surface area (Å²) in [7, 11) is 0. The molecule has 3 aromatic rings. The molecule has 1 heterocycles. The van der Waals surface area contributed by atoms with E-state index in [1.807, 2.05) is 13.8 Å². The SMILES string of the molecule is CC(C)CC(=O)OCCc1cn(-c2ccc(-c3ccccc3C(F)(F)F)cc2)nn1. The van der Waals surface area contributed by atoms with E-state index >= 15 is 0 Å². The van der Waals surface area contributed by atoms with E-state index < -0.39 is 11.7 Å². The van der Waals surface area contributed by atoms with Crippen LogP contribution in [0.5, 0.6) is 0 Å². The monoisotopic (exact) mass is 417 g/mol. The van der Waals surface area contributed by atoms with E-state index in [0.717, 1.165) is 6.07 Å². The largest absolute Gasteiger partial charge is 0.465 e. The van der Waals surface area contributed by atoms with E-state index in [2.05, 4.69) is 10.3 Å². The Morgan fingerprint density at radius 3 is 2.47 bits per heavy atom. The molecule has 158 valence electrons. The molecule has 3 rings (SSSR count). The smallest absolute Gasteiger partial charge is 0.417 e. The van der Waals surface area contributed by atoms with Gasteiger partial charge in [0.15, 0.2) is 0 Å². The van der Waals surface area contributed by atoms with Crippen LogP contribution in [0.3, 0.4) is 0 Å². The number of carbonyl (C=O) groups is 1. The molecule has 0 spiro atoms. The minimum atomic E-state index is -4.42. The Kier molecular flexibility index (Phi) is 6.54. The van der Waals surface area contributed by atoms with Crippen molar-refractivity contribution in [2.24, 2.45) is 5.92 Å². The topological polar surface area (TPSA) is 57.0 Å². The molecule has 2 aromatic carbocycles. The number of ether oxygens (including phenoxy) is 1. The normalized spacial score (nSPS) is 11.7. The first-order valence-electron chi connectivity index (χ1n) is 9.58. The van der Waals surface area contributed by atoms with E-state index in [4.69, 9.17) is 4.74 Å². The molecule has 0 aliphatic rings. The van der Waals surface area contributed by atoms with E-state index in [-0.39, 0.29) is 24.1 Å². The van der Waals surface area contributed by atoms with Gasteiger partial charge in [-0.1, -0.05) is 49.4 Å². The molecule has 0 aliphatic heterocycles. The van der Waals surface area contributed by atoms with Crippen LogP contribution in [-0.2, 0) is 22.1 Å². The lowest BCUT2D eigenvalue weighted by Gasteiger charge is -2.13. The van der Waals surface area contributed by atoms with Gasteiger partial charge in [-0.15, -0.1) is 5.10 Å². The minimum absolute atomic E-state index is 0.124. The van der Waals surface area contributed by atoms with Crippen LogP contribution in [0.25, 0.3) is 16.8 Å². The number of esters is 1. The average molecular weight is 417 g/mol. The summed E-state index contributed by atoms with van der Waals surface area (Å²) in [5.74, 6) is -0.00318. The molecule has 8 heteroatoms. The molecule has 1 aromatic heterocycles. The Hall–Kier alpha value is -3.16. The van der Waals surface area contributed by atoms with Crippen LogP contribution in [0.15, 0.2) is 54.7 Å². The van der Waals surface area contributed by atoms with Crippen molar-refractivity contribution >= 4 is 5.97 Å². The fraction of sp³-hybridized carbons (Fsp3) is 0.318. The number of nitrogens with zero attached hydrogens (tertiary/aromatic N) is 3. The Balaban J connectivity index is 1.68. The molecule has 0 aliphatic carbocycles. The molecule has 0 amide bonds. The number of halogens is 3. The zero-order valence-corrected chi connectivity index (χ0v) is 16.7. The van der Waals surface area contributed by atoms with Crippen molar-refractivity contribution in [3.63, 3.8) is 0 Å². The summed E-state index contributed by atoms with van der Waals surface area (Å²) in [6.07, 6.45) is -1.92. The minimum Gasteiger partial charge on any atom is -0.465 e. The summed E-state index contributed by atoms with van der Waals surface area (Å²) in [4.78, 5) is 11.6. The molecular weight excluding hydrogens is 395 g/mol. The van der Waals surface area contributed by atoms with Gasteiger partial charge in [0.2, 0.25) is 0 Å². The Bertz CT molecular complexity index is 995. The van der Waals surface area contributed by atoms with Gasteiger partial charge in [0, 0.05) is 12.8 Å². The Morgan fingerprint density at radius 2 is 1.80 bits per heavy atom. The van der Waals surface area contributed by atoms with Crippen molar-refractivity contribution in [1.82, 2.24) is 15.0 Å². The molecule has 5 nitrogen and oxygen atoms in total. The highest BCUT2D eigenvalue weighted by Crippen LogP contribution is 2.37. The maximum Gasteiger partial charge on any atom is 0.417 e. The van der Waals surface area contributed by atoms with Gasteiger partial charge in [-0.05, 0) is 35.2 Å². The van der Waals surface area contributed by atoms with Crippen molar-refractivity contribution in [2.45, 2.75) is 32.9 Å². The van der Waals surface area contributed by atoms with Gasteiger partial charge in [-0.2, -0.15) is 13.2 Å². The zero-order valence-electron chi connectivity index (χ0n) is 16.7. The summed E-state index contributed by atoms with van der Waals surface area (Å²) >= 11 is 0. The van der Waals surface area contributed by atoms with E-state index in [1.54, 1.807) is 36.5 Å². The van der Waals surface area contributed by atoms with Gasteiger partial charge in [-0.25, -0.2) is 4.68 Å². The molecule has 0 saturated carbocycles. The standard InChI is InChI=1S/C22H22F3N3O2/c1-15(2)13-21(29)30-12-11-17-14-28(27-26-17)18-9-7-16(8-10-18)19-5-3-4-6-20(19)22(23,24)25/h3-10,14-15H,11-13H2,1-2H3. The number of aromatic nitrogens is 3. The van der Waals surface area contributed by atoms with E-state index in [0.29, 0.717) is 29.8 Å². The molecule has 0 saturated heterocycles. The molecular formula is C22H22F3N3O2. The number of hydrogen-bond donors (Lipinski definition) is 0. The quantitative estimate of drug-likeness (QED) is 0.503. The Morgan fingerprint density at radius 1 is 1.10 bits per heavy atom. The number of hydrogen-bond acceptors (Lipinski definition) is 4. The maximum absolute atomic E-state index is 13.2. The van der Waals surface area contributed by atoms with Crippen LogP contribution < -0.4 is 0 Å². The number of alkyl halides is 3. The second-order valence-corrected chi connectivity index (χ2v) is 7.31. The van der Waals surface area contributed by atoms with Crippen LogP contribution in [0.4, 0.5) is 13.2 Å². The second-order valence-electron chi connectivity index (χ2n) is 7.31. The lowest BCUT2D eigenvalue weighted by atomic mass is 9.99. The van der Waals surface area contributed by atoms with Crippen molar-refractivity contribution in [1.29, 1.82) is 0 Å². The second kappa shape index (κ2) is 9.11.